The van der Waals surface area contributed by atoms with Crippen molar-refractivity contribution in [2.45, 2.75) is 30.3 Å². The highest BCUT2D eigenvalue weighted by Gasteiger charge is 2.43. The third-order valence-electron chi connectivity index (χ3n) is 3.57. The first-order chi connectivity index (χ1) is 8.49. The van der Waals surface area contributed by atoms with Crippen molar-refractivity contribution in [2.75, 3.05) is 13.1 Å². The van der Waals surface area contributed by atoms with E-state index in [1.807, 2.05) is 0 Å². The van der Waals surface area contributed by atoms with Crippen LogP contribution in [0.3, 0.4) is 0 Å². The second kappa shape index (κ2) is 4.06. The van der Waals surface area contributed by atoms with Crippen LogP contribution >= 0.6 is 12.0 Å². The van der Waals surface area contributed by atoms with Crippen molar-refractivity contribution in [1.82, 2.24) is 15.1 Å². The van der Waals surface area contributed by atoms with Crippen LogP contribution < -0.4 is 9.50 Å². The van der Waals surface area contributed by atoms with E-state index in [1.165, 1.54) is 0 Å². The van der Waals surface area contributed by atoms with Crippen LogP contribution in [0, 0.1) is 0 Å². The Morgan fingerprint density at radius 2 is 2.28 bits per heavy atom. The summed E-state index contributed by atoms with van der Waals surface area (Å²) < 4.78 is 42.5. The number of halogens is 3. The number of hydrogen-bond acceptors (Lipinski definition) is 4. The lowest BCUT2D eigenvalue weighted by Gasteiger charge is -2.19. The molecular formula is C10H12F3N3OS. The molecule has 1 aromatic rings. The Morgan fingerprint density at radius 3 is 2.94 bits per heavy atom. The highest BCUT2D eigenvalue weighted by Crippen LogP contribution is 2.42. The first-order valence-electron chi connectivity index (χ1n) is 5.70. The molecule has 0 saturated carbocycles. The van der Waals surface area contributed by atoms with E-state index in [-0.39, 0.29) is 11.3 Å². The molecule has 1 N–H and O–H groups in total. The number of fused-ring (bicyclic) bond motifs is 2. The third-order valence-corrected chi connectivity index (χ3v) is 4.01. The van der Waals surface area contributed by atoms with E-state index in [0.717, 1.165) is 38.2 Å². The number of nitrogens with one attached hydrogen (secondary N) is 1. The van der Waals surface area contributed by atoms with Crippen molar-refractivity contribution < 1.29 is 17.4 Å². The molecule has 8 heteroatoms. The van der Waals surface area contributed by atoms with Crippen molar-refractivity contribution >= 4 is 12.0 Å². The number of rotatable bonds is 2. The maximum absolute atomic E-state index is 12.0. The van der Waals surface area contributed by atoms with Gasteiger partial charge in [-0.15, -0.1) is 5.10 Å². The number of nitrogens with zero attached hydrogens (tertiary/aromatic N) is 2. The second-order valence-electron chi connectivity index (χ2n) is 4.66. The van der Waals surface area contributed by atoms with Crippen LogP contribution in [0.5, 0.6) is 5.88 Å². The standard InChI is InChI=1S/C10H12F3N3OS/c11-10(12,13)18-17-8-5-7-9(1-3-14-6-9)2-4-16(7)15-8/h5,14H,1-4,6H2. The van der Waals surface area contributed by atoms with E-state index in [9.17, 15) is 13.2 Å². The van der Waals surface area contributed by atoms with Gasteiger partial charge in [0.2, 0.25) is 5.88 Å². The monoisotopic (exact) mass is 279 g/mol. The zero-order valence-electron chi connectivity index (χ0n) is 9.46. The molecule has 18 heavy (non-hydrogen) atoms. The predicted molar refractivity (Wildman–Crippen MR) is 60.3 cm³/mol. The lowest BCUT2D eigenvalue weighted by molar-refractivity contribution is -0.0370. The van der Waals surface area contributed by atoms with Crippen molar-refractivity contribution in [2.24, 2.45) is 0 Å². The molecule has 1 fully saturated rings. The van der Waals surface area contributed by atoms with Crippen molar-refractivity contribution in [3.63, 3.8) is 0 Å². The van der Waals surface area contributed by atoms with Crippen molar-refractivity contribution in [3.05, 3.63) is 11.8 Å². The van der Waals surface area contributed by atoms with Gasteiger partial charge in [0, 0.05) is 30.3 Å². The summed E-state index contributed by atoms with van der Waals surface area (Å²) in [6.07, 6.45) is 2.00. The molecule has 3 rings (SSSR count). The molecule has 1 atom stereocenters. The summed E-state index contributed by atoms with van der Waals surface area (Å²) >= 11 is -0.517. The average molecular weight is 279 g/mol. The van der Waals surface area contributed by atoms with Crippen molar-refractivity contribution in [3.8, 4) is 5.88 Å². The lowest BCUT2D eigenvalue weighted by atomic mass is 9.83. The summed E-state index contributed by atoms with van der Waals surface area (Å²) in [5.41, 5.74) is -3.37. The molecule has 4 nitrogen and oxygen atoms in total. The maximum atomic E-state index is 12.0. The zero-order valence-corrected chi connectivity index (χ0v) is 10.3. The number of aryl methyl sites for hydroxylation is 1. The normalized spacial score (nSPS) is 26.8. The number of aromatic nitrogens is 2. The van der Waals surface area contributed by atoms with Crippen LogP contribution in [0.1, 0.15) is 18.5 Å². The van der Waals surface area contributed by atoms with Crippen LogP contribution in [0.15, 0.2) is 6.07 Å². The van der Waals surface area contributed by atoms with E-state index in [1.54, 1.807) is 10.7 Å². The largest absolute Gasteiger partial charge is 0.479 e. The molecule has 100 valence electrons. The van der Waals surface area contributed by atoms with Gasteiger partial charge in [-0.3, -0.25) is 4.68 Å². The van der Waals surface area contributed by atoms with E-state index in [0.29, 0.717) is 0 Å². The fourth-order valence-electron chi connectivity index (χ4n) is 2.74. The van der Waals surface area contributed by atoms with Gasteiger partial charge in [0.1, 0.15) is 0 Å². The van der Waals surface area contributed by atoms with E-state index >= 15 is 0 Å². The van der Waals surface area contributed by atoms with Crippen molar-refractivity contribution in [1.29, 1.82) is 0 Å². The fourth-order valence-corrected chi connectivity index (χ4v) is 3.01. The van der Waals surface area contributed by atoms with E-state index in [2.05, 4.69) is 14.6 Å². The molecule has 2 aliphatic rings. The summed E-state index contributed by atoms with van der Waals surface area (Å²) in [5.74, 6) is 0.0401. The molecule has 0 aromatic carbocycles. The molecule has 1 spiro atoms. The van der Waals surface area contributed by atoms with Crippen LogP contribution in [0.25, 0.3) is 0 Å². The minimum Gasteiger partial charge on any atom is -0.395 e. The van der Waals surface area contributed by atoms with E-state index < -0.39 is 17.6 Å². The minimum absolute atomic E-state index is 0.0392. The molecule has 0 amide bonds. The number of alkyl halides is 3. The van der Waals surface area contributed by atoms with Crippen LogP contribution in [0.4, 0.5) is 13.2 Å². The highest BCUT2D eigenvalue weighted by molar-refractivity contribution is 7.95. The van der Waals surface area contributed by atoms with Crippen LogP contribution in [-0.2, 0) is 12.0 Å². The summed E-state index contributed by atoms with van der Waals surface area (Å²) in [4.78, 5) is 0. The van der Waals surface area contributed by atoms with Crippen LogP contribution in [0.2, 0.25) is 0 Å². The topological polar surface area (TPSA) is 39.1 Å². The second-order valence-corrected chi connectivity index (χ2v) is 5.46. The average Bonchev–Trinajstić information content (AvgIpc) is 2.96. The van der Waals surface area contributed by atoms with Gasteiger partial charge < -0.3 is 9.50 Å². The third kappa shape index (κ3) is 2.07. The molecule has 0 aliphatic carbocycles. The smallest absolute Gasteiger partial charge is 0.395 e. The minimum atomic E-state index is -4.40. The van der Waals surface area contributed by atoms with Gasteiger partial charge in [0.15, 0.2) is 12.0 Å². The van der Waals surface area contributed by atoms with Gasteiger partial charge in [0.05, 0.1) is 0 Å². The van der Waals surface area contributed by atoms with Gasteiger partial charge in [0.25, 0.3) is 0 Å². The molecule has 2 aliphatic heterocycles. The Labute approximate surface area is 106 Å². The molecule has 1 unspecified atom stereocenters. The Balaban J connectivity index is 1.77. The molecule has 1 saturated heterocycles. The Hall–Kier alpha value is -0.890. The highest BCUT2D eigenvalue weighted by atomic mass is 32.2. The van der Waals surface area contributed by atoms with Gasteiger partial charge in [-0.1, -0.05) is 0 Å². The molecule has 0 radical (unpaired) electrons. The summed E-state index contributed by atoms with van der Waals surface area (Å²) in [7, 11) is 0. The van der Waals surface area contributed by atoms with Gasteiger partial charge in [-0.05, 0) is 19.4 Å². The van der Waals surface area contributed by atoms with Crippen LogP contribution in [-0.4, -0.2) is 28.4 Å². The first kappa shape index (κ1) is 12.2. The van der Waals surface area contributed by atoms with Gasteiger partial charge in [-0.25, -0.2) is 0 Å². The quantitative estimate of drug-likeness (QED) is 0.841. The Bertz CT molecular complexity index is 454. The lowest BCUT2D eigenvalue weighted by Crippen LogP contribution is -2.25. The predicted octanol–water partition coefficient (Wildman–Crippen LogP) is 2.06. The summed E-state index contributed by atoms with van der Waals surface area (Å²) in [6, 6.07) is 1.64. The van der Waals surface area contributed by atoms with Gasteiger partial charge in [-0.2, -0.15) is 13.2 Å². The fraction of sp³-hybridized carbons (Fsp3) is 0.700. The summed E-state index contributed by atoms with van der Waals surface area (Å²) in [6.45, 7) is 2.56. The maximum Gasteiger partial charge on any atom is 0.479 e. The Morgan fingerprint density at radius 1 is 1.44 bits per heavy atom. The van der Waals surface area contributed by atoms with E-state index in [4.69, 9.17) is 0 Å². The molecule has 3 heterocycles. The zero-order chi connectivity index (χ0) is 12.8. The van der Waals surface area contributed by atoms with Gasteiger partial charge >= 0.3 is 5.51 Å². The molecular weight excluding hydrogens is 267 g/mol. The Kier molecular flexibility index (Phi) is 2.74. The first-order valence-corrected chi connectivity index (χ1v) is 6.44. The summed E-state index contributed by atoms with van der Waals surface area (Å²) in [5, 5.41) is 7.35. The SMILES string of the molecule is FC(F)(F)SOc1cc2n(n1)CCC21CCNC1. The molecule has 1 aromatic heterocycles. The number of hydrogen-bond donors (Lipinski definition) is 1. The molecule has 0 bridgehead atoms.